The second-order valence-electron chi connectivity index (χ2n) is 9.16. The van der Waals surface area contributed by atoms with Crippen molar-refractivity contribution in [3.8, 4) is 5.75 Å². The van der Waals surface area contributed by atoms with Gasteiger partial charge in [-0.05, 0) is 72.7 Å². The van der Waals surface area contributed by atoms with Crippen LogP contribution in [-0.2, 0) is 14.4 Å². The van der Waals surface area contributed by atoms with E-state index >= 15 is 0 Å². The number of carbonyl (C=O) groups is 4. The van der Waals surface area contributed by atoms with E-state index in [4.69, 9.17) is 16.3 Å². The molecule has 204 valence electrons. The highest BCUT2D eigenvalue weighted by Gasteiger charge is 2.43. The van der Waals surface area contributed by atoms with E-state index in [0.717, 1.165) is 15.4 Å². The van der Waals surface area contributed by atoms with Crippen LogP contribution in [0.25, 0.3) is 6.08 Å². The van der Waals surface area contributed by atoms with Crippen LogP contribution in [0.2, 0.25) is 5.02 Å². The van der Waals surface area contributed by atoms with Crippen molar-refractivity contribution in [2.24, 2.45) is 0 Å². The number of hydrogen-bond donors (Lipinski definition) is 1. The van der Waals surface area contributed by atoms with E-state index in [9.17, 15) is 19.2 Å². The molecule has 0 spiro atoms. The third-order valence-electron chi connectivity index (χ3n) is 6.29. The first-order chi connectivity index (χ1) is 19.8. The molecule has 1 saturated heterocycles. The number of hydrogen-bond acceptors (Lipinski definition) is 5. The quantitative estimate of drug-likeness (QED) is 0.211. The number of nitrogens with one attached hydrogen (secondary N) is 1. The minimum atomic E-state index is -0.760. The smallest absolute Gasteiger partial charge is 0.343 e. The number of rotatable bonds is 7. The second kappa shape index (κ2) is 11.9. The number of para-hydroxylation sites is 2. The molecule has 1 N–H and O–H groups in total. The first kappa shape index (κ1) is 27.4. The molecule has 1 aliphatic heterocycles. The molecule has 8 nitrogen and oxygen atoms in total. The molecule has 1 fully saturated rings. The van der Waals surface area contributed by atoms with Crippen LogP contribution in [-0.4, -0.2) is 30.4 Å². The predicted octanol–water partition coefficient (Wildman–Crippen LogP) is 6.25. The maximum absolute atomic E-state index is 13.5. The summed E-state index contributed by atoms with van der Waals surface area (Å²) in [6.07, 6.45) is 1.43. The number of anilines is 3. The summed E-state index contributed by atoms with van der Waals surface area (Å²) in [4.78, 5) is 54.6. The molecule has 1 aliphatic rings. The van der Waals surface area contributed by atoms with Crippen LogP contribution in [0.3, 0.4) is 0 Å². The van der Waals surface area contributed by atoms with Gasteiger partial charge in [0, 0.05) is 10.7 Å². The van der Waals surface area contributed by atoms with Gasteiger partial charge in [-0.15, -0.1) is 0 Å². The van der Waals surface area contributed by atoms with E-state index in [2.05, 4.69) is 5.32 Å². The first-order valence-electron chi connectivity index (χ1n) is 12.7. The van der Waals surface area contributed by atoms with Gasteiger partial charge in [-0.25, -0.2) is 14.6 Å². The summed E-state index contributed by atoms with van der Waals surface area (Å²) in [5.41, 5.74) is 2.50. The molecule has 5 amide bonds. The minimum Gasteiger partial charge on any atom is -0.484 e. The number of barbiturate groups is 1. The molecule has 4 aromatic rings. The van der Waals surface area contributed by atoms with Crippen LogP contribution in [0.5, 0.6) is 5.75 Å². The van der Waals surface area contributed by atoms with Crippen LogP contribution in [0.1, 0.15) is 11.1 Å². The van der Waals surface area contributed by atoms with Crippen LogP contribution in [0, 0.1) is 6.92 Å². The molecule has 4 aromatic carbocycles. The number of benzene rings is 4. The summed E-state index contributed by atoms with van der Waals surface area (Å²) in [7, 11) is 0. The molecule has 0 aliphatic carbocycles. The number of amides is 5. The summed E-state index contributed by atoms with van der Waals surface area (Å²) in [6.45, 7) is 1.64. The molecular formula is C32H24ClN3O5. The molecular weight excluding hydrogens is 542 g/mol. The van der Waals surface area contributed by atoms with Gasteiger partial charge in [-0.2, -0.15) is 0 Å². The molecule has 1 heterocycles. The molecule has 5 rings (SSSR count). The fourth-order valence-corrected chi connectivity index (χ4v) is 4.36. The highest BCUT2D eigenvalue weighted by atomic mass is 35.5. The average Bonchev–Trinajstić information content (AvgIpc) is 2.98. The van der Waals surface area contributed by atoms with Crippen LogP contribution < -0.4 is 19.9 Å². The largest absolute Gasteiger partial charge is 0.484 e. The Balaban J connectivity index is 1.35. The van der Waals surface area contributed by atoms with Gasteiger partial charge in [0.05, 0.1) is 11.4 Å². The van der Waals surface area contributed by atoms with E-state index < -0.39 is 17.8 Å². The molecule has 0 radical (unpaired) electrons. The van der Waals surface area contributed by atoms with Gasteiger partial charge in [0.25, 0.3) is 17.7 Å². The number of halogens is 1. The zero-order valence-corrected chi connectivity index (χ0v) is 22.7. The summed E-state index contributed by atoms with van der Waals surface area (Å²) in [5.74, 6) is -1.41. The van der Waals surface area contributed by atoms with E-state index in [0.29, 0.717) is 33.4 Å². The zero-order chi connectivity index (χ0) is 28.9. The molecule has 41 heavy (non-hydrogen) atoms. The number of nitrogens with zero attached hydrogens (tertiary/aromatic N) is 2. The van der Waals surface area contributed by atoms with Crippen molar-refractivity contribution in [3.63, 3.8) is 0 Å². The van der Waals surface area contributed by atoms with Crippen molar-refractivity contribution in [1.29, 1.82) is 0 Å². The number of carbonyl (C=O) groups excluding carboxylic acids is 4. The molecule has 0 bridgehead atoms. The summed E-state index contributed by atoms with van der Waals surface area (Å²) in [6, 6.07) is 27.9. The Hall–Kier alpha value is -5.21. The van der Waals surface area contributed by atoms with Crippen molar-refractivity contribution < 1.29 is 23.9 Å². The Bertz CT molecular complexity index is 1590. The van der Waals surface area contributed by atoms with Crippen LogP contribution in [0.15, 0.2) is 109 Å². The maximum Gasteiger partial charge on any atom is 0.343 e. The lowest BCUT2D eigenvalue weighted by Gasteiger charge is -2.33. The van der Waals surface area contributed by atoms with Crippen LogP contribution in [0.4, 0.5) is 21.9 Å². The summed E-state index contributed by atoms with van der Waals surface area (Å²) >= 11 is 6.11. The Morgan fingerprint density at radius 2 is 1.37 bits per heavy atom. The van der Waals surface area contributed by atoms with Gasteiger partial charge in [0.2, 0.25) is 0 Å². The van der Waals surface area contributed by atoms with E-state index in [1.54, 1.807) is 97.1 Å². The molecule has 0 saturated carbocycles. The lowest BCUT2D eigenvalue weighted by atomic mass is 10.0. The van der Waals surface area contributed by atoms with Crippen LogP contribution >= 0.6 is 11.6 Å². The third-order valence-corrected chi connectivity index (χ3v) is 6.70. The number of ether oxygens (including phenoxy) is 1. The van der Waals surface area contributed by atoms with E-state index in [-0.39, 0.29) is 18.1 Å². The number of aryl methyl sites for hydroxylation is 1. The average molecular weight is 566 g/mol. The van der Waals surface area contributed by atoms with Gasteiger partial charge in [-0.3, -0.25) is 14.4 Å². The number of urea groups is 1. The Kier molecular flexibility index (Phi) is 7.94. The van der Waals surface area contributed by atoms with E-state index in [1.807, 2.05) is 13.0 Å². The van der Waals surface area contributed by atoms with Crippen molar-refractivity contribution in [2.75, 3.05) is 21.7 Å². The predicted molar refractivity (Wildman–Crippen MR) is 158 cm³/mol. The van der Waals surface area contributed by atoms with Crippen molar-refractivity contribution in [2.45, 2.75) is 6.92 Å². The molecule has 9 heteroatoms. The zero-order valence-electron chi connectivity index (χ0n) is 21.9. The highest BCUT2D eigenvalue weighted by molar-refractivity contribution is 6.46. The maximum atomic E-state index is 13.5. The summed E-state index contributed by atoms with van der Waals surface area (Å²) in [5, 5.41) is 3.27. The highest BCUT2D eigenvalue weighted by Crippen LogP contribution is 2.29. The fraction of sp³-hybridized carbons (Fsp3) is 0.0625. The van der Waals surface area contributed by atoms with Crippen molar-refractivity contribution in [3.05, 3.63) is 125 Å². The SMILES string of the molecule is Cc1ccc(NC(=O)COc2ccc(C=C3C(=O)N(c4ccccc4)C(=O)N(c4ccccc4)C3=O)cc2)cc1Cl. The van der Waals surface area contributed by atoms with Gasteiger partial charge >= 0.3 is 6.03 Å². The van der Waals surface area contributed by atoms with Crippen molar-refractivity contribution >= 4 is 58.5 Å². The van der Waals surface area contributed by atoms with Crippen molar-refractivity contribution in [1.82, 2.24) is 0 Å². The second-order valence-corrected chi connectivity index (χ2v) is 9.57. The lowest BCUT2D eigenvalue weighted by Crippen LogP contribution is -2.57. The normalized spacial score (nSPS) is 13.3. The minimum absolute atomic E-state index is 0.179. The topological polar surface area (TPSA) is 96.0 Å². The van der Waals surface area contributed by atoms with Gasteiger partial charge in [0.1, 0.15) is 11.3 Å². The molecule has 0 aromatic heterocycles. The Morgan fingerprint density at radius 3 is 1.90 bits per heavy atom. The Labute approximate surface area is 241 Å². The van der Waals surface area contributed by atoms with Gasteiger partial charge in [-0.1, -0.05) is 66.2 Å². The molecule has 0 unspecified atom stereocenters. The Morgan fingerprint density at radius 1 is 0.805 bits per heavy atom. The number of imide groups is 2. The monoisotopic (exact) mass is 565 g/mol. The fourth-order valence-electron chi connectivity index (χ4n) is 4.18. The van der Waals surface area contributed by atoms with E-state index in [1.165, 1.54) is 6.08 Å². The lowest BCUT2D eigenvalue weighted by molar-refractivity contribution is -0.121. The first-order valence-corrected chi connectivity index (χ1v) is 13.0. The van der Waals surface area contributed by atoms with Gasteiger partial charge in [0.15, 0.2) is 6.61 Å². The standard InChI is InChI=1S/C32H24ClN3O5/c1-21-12-15-23(19-28(21)33)34-29(37)20-41-26-16-13-22(14-17-26)18-27-30(38)35(24-8-4-2-5-9-24)32(40)36(31(27)39)25-10-6-3-7-11-25/h2-19H,20H2,1H3,(H,34,37). The summed E-state index contributed by atoms with van der Waals surface area (Å²) < 4.78 is 5.58. The molecule has 0 atom stereocenters. The van der Waals surface area contributed by atoms with Gasteiger partial charge < -0.3 is 10.1 Å². The third kappa shape index (κ3) is 6.03.